The van der Waals surface area contributed by atoms with Gasteiger partial charge in [-0.25, -0.2) is 4.68 Å². The van der Waals surface area contributed by atoms with Gasteiger partial charge in [-0.3, -0.25) is 9.48 Å². The number of carbonyl (C=O) groups excluding carboxylic acids is 1. The topological polar surface area (TPSA) is 74.0 Å². The van der Waals surface area contributed by atoms with Gasteiger partial charge in [0.05, 0.1) is 41.0 Å². The Morgan fingerprint density at radius 2 is 1.93 bits per heavy atom. The van der Waals surface area contributed by atoms with Gasteiger partial charge in [0.1, 0.15) is 13.3 Å². The third-order valence-electron chi connectivity index (χ3n) is 4.22. The van der Waals surface area contributed by atoms with Crippen LogP contribution in [0.25, 0.3) is 0 Å². The quantitative estimate of drug-likeness (QED) is 0.596. The zero-order valence-corrected chi connectivity index (χ0v) is 17.0. The summed E-state index contributed by atoms with van der Waals surface area (Å²) in [5.41, 5.74) is 3.34. The molecule has 2 heterocycles. The van der Waals surface area contributed by atoms with Crippen molar-refractivity contribution in [1.29, 1.82) is 0 Å². The van der Waals surface area contributed by atoms with E-state index in [1.54, 1.807) is 16.8 Å². The number of aromatic nitrogens is 4. The molecular formula is C19H19ClF3N5O2. The lowest BCUT2D eigenvalue weighted by Gasteiger charge is -2.07. The van der Waals surface area contributed by atoms with Crippen LogP contribution < -0.4 is 5.32 Å². The molecule has 0 spiro atoms. The van der Waals surface area contributed by atoms with E-state index in [1.807, 2.05) is 26.0 Å². The maximum atomic E-state index is 12.4. The van der Waals surface area contributed by atoms with Crippen LogP contribution in [0, 0.1) is 13.8 Å². The number of benzene rings is 1. The molecule has 0 bridgehead atoms. The molecule has 1 amide bonds. The van der Waals surface area contributed by atoms with Crippen molar-refractivity contribution >= 4 is 23.2 Å². The Morgan fingerprint density at radius 1 is 1.23 bits per heavy atom. The van der Waals surface area contributed by atoms with Crippen molar-refractivity contribution in [2.45, 2.75) is 33.3 Å². The van der Waals surface area contributed by atoms with Gasteiger partial charge in [0.2, 0.25) is 0 Å². The van der Waals surface area contributed by atoms with Gasteiger partial charge >= 0.3 is 6.18 Å². The minimum absolute atomic E-state index is 0.344. The highest BCUT2D eigenvalue weighted by Crippen LogP contribution is 2.20. The first-order chi connectivity index (χ1) is 14.1. The second kappa shape index (κ2) is 8.88. The SMILES string of the molecule is Cc1nn(Cc2ccc(C(=O)Nc3cnn(COCC(F)(F)F)c3)cc2)c(C)c1Cl. The van der Waals surface area contributed by atoms with Crippen LogP contribution in [-0.4, -0.2) is 38.3 Å². The molecule has 2 aromatic heterocycles. The van der Waals surface area contributed by atoms with Gasteiger partial charge in [0.25, 0.3) is 5.91 Å². The summed E-state index contributed by atoms with van der Waals surface area (Å²) in [6, 6.07) is 6.98. The lowest BCUT2D eigenvalue weighted by atomic mass is 10.1. The molecule has 160 valence electrons. The van der Waals surface area contributed by atoms with E-state index in [1.165, 1.54) is 12.4 Å². The number of halogens is 4. The molecule has 0 saturated heterocycles. The second-order valence-corrected chi connectivity index (χ2v) is 7.03. The molecule has 7 nitrogen and oxygen atoms in total. The predicted molar refractivity (Wildman–Crippen MR) is 104 cm³/mol. The van der Waals surface area contributed by atoms with Crippen molar-refractivity contribution in [2.75, 3.05) is 11.9 Å². The first-order valence-corrected chi connectivity index (χ1v) is 9.27. The van der Waals surface area contributed by atoms with Crippen molar-refractivity contribution < 1.29 is 22.7 Å². The van der Waals surface area contributed by atoms with Gasteiger partial charge in [0, 0.05) is 5.56 Å². The molecule has 30 heavy (non-hydrogen) atoms. The van der Waals surface area contributed by atoms with Crippen molar-refractivity contribution in [1.82, 2.24) is 19.6 Å². The molecule has 11 heteroatoms. The van der Waals surface area contributed by atoms with Crippen LogP contribution in [0.3, 0.4) is 0 Å². The van der Waals surface area contributed by atoms with Crippen molar-refractivity contribution in [3.05, 3.63) is 64.2 Å². The summed E-state index contributed by atoms with van der Waals surface area (Å²) in [7, 11) is 0. The van der Waals surface area contributed by atoms with Crippen LogP contribution in [0.15, 0.2) is 36.7 Å². The van der Waals surface area contributed by atoms with E-state index in [4.69, 9.17) is 11.6 Å². The molecule has 3 aromatic rings. The maximum Gasteiger partial charge on any atom is 0.411 e. The van der Waals surface area contributed by atoms with E-state index in [0.29, 0.717) is 22.8 Å². The van der Waals surface area contributed by atoms with Crippen molar-refractivity contribution in [3.63, 3.8) is 0 Å². The monoisotopic (exact) mass is 441 g/mol. The smallest absolute Gasteiger partial charge is 0.350 e. The third kappa shape index (κ3) is 5.61. The van der Waals surface area contributed by atoms with E-state index in [0.717, 1.165) is 21.6 Å². The molecule has 0 saturated carbocycles. The Labute approximate surface area is 175 Å². The summed E-state index contributed by atoms with van der Waals surface area (Å²) in [5.74, 6) is -0.369. The average Bonchev–Trinajstić information content (AvgIpc) is 3.21. The summed E-state index contributed by atoms with van der Waals surface area (Å²) >= 11 is 6.16. The first-order valence-electron chi connectivity index (χ1n) is 8.89. The number of anilines is 1. The summed E-state index contributed by atoms with van der Waals surface area (Å²) < 4.78 is 43.7. The van der Waals surface area contributed by atoms with E-state index in [-0.39, 0.29) is 12.6 Å². The highest BCUT2D eigenvalue weighted by molar-refractivity contribution is 6.31. The molecule has 0 radical (unpaired) electrons. The lowest BCUT2D eigenvalue weighted by Crippen LogP contribution is -2.18. The predicted octanol–water partition coefficient (Wildman–Crippen LogP) is 4.19. The maximum absolute atomic E-state index is 12.4. The molecule has 0 aliphatic heterocycles. The largest absolute Gasteiger partial charge is 0.411 e. The van der Waals surface area contributed by atoms with E-state index < -0.39 is 12.8 Å². The fourth-order valence-corrected chi connectivity index (χ4v) is 2.86. The normalized spacial score (nSPS) is 11.7. The van der Waals surface area contributed by atoms with Crippen molar-refractivity contribution in [2.24, 2.45) is 0 Å². The molecule has 1 N–H and O–H groups in total. The molecule has 0 aliphatic carbocycles. The number of nitrogens with zero attached hydrogens (tertiary/aromatic N) is 4. The number of hydrogen-bond acceptors (Lipinski definition) is 4. The van der Waals surface area contributed by atoms with Gasteiger partial charge in [-0.2, -0.15) is 23.4 Å². The van der Waals surface area contributed by atoms with Gasteiger partial charge < -0.3 is 10.1 Å². The Kier molecular flexibility index (Phi) is 6.47. The molecule has 0 fully saturated rings. The van der Waals surface area contributed by atoms with Gasteiger partial charge in [-0.15, -0.1) is 0 Å². The highest BCUT2D eigenvalue weighted by Gasteiger charge is 2.27. The summed E-state index contributed by atoms with van der Waals surface area (Å²) in [4.78, 5) is 12.4. The van der Waals surface area contributed by atoms with E-state index in [9.17, 15) is 18.0 Å². The van der Waals surface area contributed by atoms with Crippen LogP contribution in [0.1, 0.15) is 27.3 Å². The van der Waals surface area contributed by atoms with Gasteiger partial charge in [0.15, 0.2) is 0 Å². The lowest BCUT2D eigenvalue weighted by molar-refractivity contribution is -0.182. The number of ether oxygens (including phenoxy) is 1. The number of hydrogen-bond donors (Lipinski definition) is 1. The van der Waals surface area contributed by atoms with Crippen LogP contribution >= 0.6 is 11.6 Å². The Morgan fingerprint density at radius 3 is 2.53 bits per heavy atom. The number of carbonyl (C=O) groups is 1. The Hall–Kier alpha value is -2.85. The fourth-order valence-electron chi connectivity index (χ4n) is 2.72. The Balaban J connectivity index is 1.56. The highest BCUT2D eigenvalue weighted by atomic mass is 35.5. The Bertz CT molecular complexity index is 1030. The summed E-state index contributed by atoms with van der Waals surface area (Å²) in [6.45, 7) is 2.50. The summed E-state index contributed by atoms with van der Waals surface area (Å²) in [5, 5.41) is 11.5. The molecular weight excluding hydrogens is 423 g/mol. The molecule has 3 rings (SSSR count). The zero-order valence-electron chi connectivity index (χ0n) is 16.2. The fraction of sp³-hybridized carbons (Fsp3) is 0.316. The average molecular weight is 442 g/mol. The second-order valence-electron chi connectivity index (χ2n) is 6.65. The standard InChI is InChI=1S/C19H19ClF3N5O2/c1-12-17(20)13(2)28(26-12)8-14-3-5-15(6-4-14)18(29)25-16-7-24-27(9-16)11-30-10-19(21,22)23/h3-7,9H,8,10-11H2,1-2H3,(H,25,29). The first kappa shape index (κ1) is 21.8. The molecule has 0 atom stereocenters. The van der Waals surface area contributed by atoms with Gasteiger partial charge in [-0.05, 0) is 31.5 Å². The zero-order chi connectivity index (χ0) is 21.9. The summed E-state index contributed by atoms with van der Waals surface area (Å²) in [6.07, 6.45) is -1.69. The van der Waals surface area contributed by atoms with E-state index in [2.05, 4.69) is 20.3 Å². The number of nitrogens with one attached hydrogen (secondary N) is 1. The minimum atomic E-state index is -4.41. The number of alkyl halides is 3. The number of aryl methyl sites for hydroxylation is 1. The third-order valence-corrected chi connectivity index (χ3v) is 4.77. The van der Waals surface area contributed by atoms with Crippen molar-refractivity contribution in [3.8, 4) is 0 Å². The van der Waals surface area contributed by atoms with Crippen LogP contribution in [0.5, 0.6) is 0 Å². The minimum Gasteiger partial charge on any atom is -0.350 e. The van der Waals surface area contributed by atoms with Crippen LogP contribution in [0.4, 0.5) is 18.9 Å². The number of amides is 1. The number of rotatable bonds is 7. The van der Waals surface area contributed by atoms with E-state index >= 15 is 0 Å². The van der Waals surface area contributed by atoms with Crippen LogP contribution in [-0.2, 0) is 18.0 Å². The van der Waals surface area contributed by atoms with Crippen LogP contribution in [0.2, 0.25) is 5.02 Å². The van der Waals surface area contributed by atoms with Gasteiger partial charge in [-0.1, -0.05) is 23.7 Å². The molecule has 0 unspecified atom stereocenters. The molecule has 1 aromatic carbocycles. The molecule has 0 aliphatic rings.